The predicted octanol–water partition coefficient (Wildman–Crippen LogP) is 4.90. The van der Waals surface area contributed by atoms with E-state index >= 15 is 0 Å². The number of imidazole rings is 1. The summed E-state index contributed by atoms with van der Waals surface area (Å²) in [5.74, 6) is -0.335. The second-order valence-corrected chi connectivity index (χ2v) is 5.76. The molecule has 0 saturated heterocycles. The molecule has 8 heteroatoms. The molecule has 0 aliphatic rings. The highest BCUT2D eigenvalue weighted by atomic mass is 19.4. The van der Waals surface area contributed by atoms with E-state index in [4.69, 9.17) is 0 Å². The van der Waals surface area contributed by atoms with Crippen LogP contribution in [-0.4, -0.2) is 15.5 Å². The highest BCUT2D eigenvalue weighted by Gasteiger charge is 2.31. The molecule has 1 heterocycles. The first kappa shape index (κ1) is 17.8. The number of carbonyl (C=O) groups is 1. The number of carbonyl (C=O) groups excluding carboxylic acids is 1. The van der Waals surface area contributed by atoms with Crippen molar-refractivity contribution >= 4 is 16.9 Å². The predicted molar refractivity (Wildman–Crippen MR) is 90.2 cm³/mol. The molecule has 5 nitrogen and oxygen atoms in total. The number of rotatable bonds is 4. The SMILES string of the molecule is CCCc1nc2cc(C(F)(F)F)ccc2n1-c1cccc(C(=O)N=O)c1. The van der Waals surface area contributed by atoms with Crippen LogP contribution in [0, 0.1) is 4.91 Å². The first-order valence-corrected chi connectivity index (χ1v) is 7.92. The lowest BCUT2D eigenvalue weighted by molar-refractivity contribution is -0.137. The highest BCUT2D eigenvalue weighted by Crippen LogP contribution is 2.32. The van der Waals surface area contributed by atoms with Gasteiger partial charge in [-0.25, -0.2) is 4.98 Å². The van der Waals surface area contributed by atoms with Crippen molar-refractivity contribution in [3.05, 3.63) is 64.3 Å². The first-order chi connectivity index (χ1) is 12.3. The lowest BCUT2D eigenvalue weighted by atomic mass is 10.1. The topological polar surface area (TPSA) is 64.3 Å². The standard InChI is InChI=1S/C18H14F3N3O2/c1-2-4-16-22-14-10-12(18(19,20)21)7-8-15(14)24(16)13-6-3-5-11(9-13)17(25)23-26/h3,5-10H,2,4H2,1H3. The Morgan fingerprint density at radius 1 is 1.19 bits per heavy atom. The Hall–Kier alpha value is -3.03. The van der Waals surface area contributed by atoms with Gasteiger partial charge in [-0.05, 0) is 42.8 Å². The summed E-state index contributed by atoms with van der Waals surface area (Å²) < 4.78 is 40.6. The molecule has 3 rings (SSSR count). The average Bonchev–Trinajstić information content (AvgIpc) is 2.97. The Labute approximate surface area is 146 Å². The van der Waals surface area contributed by atoms with E-state index in [2.05, 4.69) is 10.2 Å². The first-order valence-electron chi connectivity index (χ1n) is 7.92. The second-order valence-electron chi connectivity index (χ2n) is 5.76. The van der Waals surface area contributed by atoms with Gasteiger partial charge in [-0.15, -0.1) is 4.91 Å². The minimum atomic E-state index is -4.45. The molecular formula is C18H14F3N3O2. The zero-order valence-electron chi connectivity index (χ0n) is 13.7. The molecule has 0 fully saturated rings. The molecule has 134 valence electrons. The van der Waals surface area contributed by atoms with Gasteiger partial charge in [-0.1, -0.05) is 13.0 Å². The normalized spacial score (nSPS) is 11.7. The van der Waals surface area contributed by atoms with Gasteiger partial charge >= 0.3 is 12.1 Å². The van der Waals surface area contributed by atoms with Crippen molar-refractivity contribution in [1.29, 1.82) is 0 Å². The monoisotopic (exact) mass is 361 g/mol. The van der Waals surface area contributed by atoms with Crippen LogP contribution < -0.4 is 0 Å². The third kappa shape index (κ3) is 3.22. The summed E-state index contributed by atoms with van der Waals surface area (Å²) in [6.45, 7) is 1.93. The zero-order chi connectivity index (χ0) is 18.9. The van der Waals surface area contributed by atoms with Gasteiger partial charge in [-0.3, -0.25) is 9.36 Å². The average molecular weight is 361 g/mol. The molecule has 0 saturated carbocycles. The van der Waals surface area contributed by atoms with Crippen molar-refractivity contribution in [3.63, 3.8) is 0 Å². The molecular weight excluding hydrogens is 347 g/mol. The Bertz CT molecular complexity index is 993. The third-order valence-corrected chi connectivity index (χ3v) is 3.96. The fourth-order valence-corrected chi connectivity index (χ4v) is 2.82. The summed E-state index contributed by atoms with van der Waals surface area (Å²) in [5.41, 5.74) is 0.573. The molecule has 1 amide bonds. The van der Waals surface area contributed by atoms with Gasteiger partial charge in [0.05, 0.1) is 16.6 Å². The number of fused-ring (bicyclic) bond motifs is 1. The Kier molecular flexibility index (Phi) is 4.58. The van der Waals surface area contributed by atoms with Gasteiger partial charge in [0.15, 0.2) is 0 Å². The van der Waals surface area contributed by atoms with Gasteiger partial charge < -0.3 is 0 Å². The van der Waals surface area contributed by atoms with Gasteiger partial charge in [0.1, 0.15) is 5.82 Å². The van der Waals surface area contributed by atoms with Gasteiger partial charge in [0.2, 0.25) is 0 Å². The summed E-state index contributed by atoms with van der Waals surface area (Å²) in [6.07, 6.45) is -3.17. The van der Waals surface area contributed by atoms with Crippen LogP contribution in [0.3, 0.4) is 0 Å². The maximum atomic E-state index is 13.0. The summed E-state index contributed by atoms with van der Waals surface area (Å²) in [6, 6.07) is 9.57. The highest BCUT2D eigenvalue weighted by molar-refractivity contribution is 5.95. The van der Waals surface area contributed by atoms with Gasteiger partial charge in [-0.2, -0.15) is 13.2 Å². The van der Waals surface area contributed by atoms with Gasteiger partial charge in [0, 0.05) is 22.8 Å². The van der Waals surface area contributed by atoms with E-state index in [1.807, 2.05) is 6.92 Å². The van der Waals surface area contributed by atoms with Crippen molar-refractivity contribution in [2.24, 2.45) is 5.18 Å². The van der Waals surface area contributed by atoms with E-state index in [1.54, 1.807) is 16.7 Å². The molecule has 26 heavy (non-hydrogen) atoms. The lowest BCUT2D eigenvalue weighted by Gasteiger charge is -2.10. The summed E-state index contributed by atoms with van der Waals surface area (Å²) in [7, 11) is 0. The van der Waals surface area contributed by atoms with Gasteiger partial charge in [0.25, 0.3) is 0 Å². The number of aromatic nitrogens is 2. The second kappa shape index (κ2) is 6.70. The molecule has 0 aliphatic carbocycles. The van der Waals surface area contributed by atoms with Crippen LogP contribution in [0.1, 0.15) is 35.1 Å². The van der Waals surface area contributed by atoms with E-state index in [0.29, 0.717) is 23.4 Å². The van der Waals surface area contributed by atoms with Crippen LogP contribution in [0.15, 0.2) is 47.6 Å². The Morgan fingerprint density at radius 2 is 1.96 bits per heavy atom. The number of hydrogen-bond acceptors (Lipinski definition) is 3. The molecule has 0 bridgehead atoms. The maximum Gasteiger partial charge on any atom is 0.416 e. The number of aryl methyl sites for hydroxylation is 1. The molecule has 1 aromatic heterocycles. The van der Waals surface area contributed by atoms with E-state index in [1.165, 1.54) is 18.2 Å². The third-order valence-electron chi connectivity index (χ3n) is 3.96. The van der Waals surface area contributed by atoms with Crippen LogP contribution >= 0.6 is 0 Å². The zero-order valence-corrected chi connectivity index (χ0v) is 13.7. The molecule has 0 aliphatic heterocycles. The largest absolute Gasteiger partial charge is 0.416 e. The minimum absolute atomic E-state index is 0.105. The van der Waals surface area contributed by atoms with E-state index in [0.717, 1.165) is 18.6 Å². The Morgan fingerprint density at radius 3 is 2.62 bits per heavy atom. The van der Waals surface area contributed by atoms with Crippen LogP contribution in [0.2, 0.25) is 0 Å². The fraction of sp³-hybridized carbons (Fsp3) is 0.222. The molecule has 0 spiro atoms. The minimum Gasteiger partial charge on any atom is -0.296 e. The molecule has 3 aromatic rings. The number of amides is 1. The van der Waals surface area contributed by atoms with Crippen LogP contribution in [-0.2, 0) is 12.6 Å². The Balaban J connectivity index is 2.22. The number of benzene rings is 2. The van der Waals surface area contributed by atoms with E-state index < -0.39 is 17.6 Å². The number of nitrogens with zero attached hydrogens (tertiary/aromatic N) is 3. The van der Waals surface area contributed by atoms with Crippen LogP contribution in [0.4, 0.5) is 13.2 Å². The van der Waals surface area contributed by atoms with Crippen molar-refractivity contribution in [2.75, 3.05) is 0 Å². The number of alkyl halides is 3. The number of halogens is 3. The van der Waals surface area contributed by atoms with Crippen LogP contribution in [0.25, 0.3) is 16.7 Å². The van der Waals surface area contributed by atoms with E-state index in [9.17, 15) is 22.9 Å². The van der Waals surface area contributed by atoms with Crippen molar-refractivity contribution < 1.29 is 18.0 Å². The van der Waals surface area contributed by atoms with E-state index in [-0.39, 0.29) is 11.1 Å². The fourth-order valence-electron chi connectivity index (χ4n) is 2.82. The quantitative estimate of drug-likeness (QED) is 0.621. The molecule has 0 N–H and O–H groups in total. The summed E-state index contributed by atoms with van der Waals surface area (Å²) in [5, 5.41) is 2.40. The molecule has 2 aromatic carbocycles. The maximum absolute atomic E-state index is 13.0. The summed E-state index contributed by atoms with van der Waals surface area (Å²) >= 11 is 0. The van der Waals surface area contributed by atoms with Crippen molar-refractivity contribution in [3.8, 4) is 5.69 Å². The number of nitroso groups, excluding NO2 is 1. The summed E-state index contributed by atoms with van der Waals surface area (Å²) in [4.78, 5) is 26.4. The molecule has 0 atom stereocenters. The van der Waals surface area contributed by atoms with Crippen molar-refractivity contribution in [1.82, 2.24) is 9.55 Å². The molecule has 0 radical (unpaired) electrons. The number of hydrogen-bond donors (Lipinski definition) is 0. The molecule has 0 unspecified atom stereocenters. The van der Waals surface area contributed by atoms with Crippen molar-refractivity contribution in [2.45, 2.75) is 25.9 Å². The lowest BCUT2D eigenvalue weighted by Crippen LogP contribution is -2.05. The smallest absolute Gasteiger partial charge is 0.296 e. The van der Waals surface area contributed by atoms with Crippen LogP contribution in [0.5, 0.6) is 0 Å².